The van der Waals surface area contributed by atoms with Gasteiger partial charge in [0.1, 0.15) is 5.75 Å². The van der Waals surface area contributed by atoms with Crippen molar-refractivity contribution in [1.82, 2.24) is 0 Å². The van der Waals surface area contributed by atoms with Gasteiger partial charge in [0.05, 0.1) is 17.2 Å². The molecule has 1 fully saturated rings. The maximum absolute atomic E-state index is 12.8. The number of rotatable bonds is 5. The smallest absolute Gasteiger partial charge is 0.298 e. The molecule has 0 N–H and O–H groups in total. The molecule has 0 aromatic heterocycles. The van der Waals surface area contributed by atoms with Crippen LogP contribution >= 0.6 is 39.3 Å². The van der Waals surface area contributed by atoms with Gasteiger partial charge in [-0.1, -0.05) is 40.5 Å². The van der Waals surface area contributed by atoms with Crippen molar-refractivity contribution in [2.75, 3.05) is 11.5 Å². The van der Waals surface area contributed by atoms with Crippen molar-refractivity contribution in [3.63, 3.8) is 0 Å². The van der Waals surface area contributed by atoms with Gasteiger partial charge in [-0.25, -0.2) is 4.90 Å². The standard InChI is InChI=1S/C19H15BrClNO3S/c1-2-8-25-16-7-6-13(20)9-12(16)10-17-18(23)22(19(24)26-17)15-5-3-4-14(21)11-15/h3-7,9-11H,2,8H2,1H3/b17-10-. The SMILES string of the molecule is CCCOc1ccc(Br)cc1/C=C1\SC(=O)N(c2cccc(Cl)c2)C1=O. The number of hydrogen-bond donors (Lipinski definition) is 0. The number of ether oxygens (including phenoxy) is 1. The quantitative estimate of drug-likeness (QED) is 0.512. The molecule has 2 aromatic rings. The summed E-state index contributed by atoms with van der Waals surface area (Å²) in [5, 5.41) is 0.113. The highest BCUT2D eigenvalue weighted by Gasteiger charge is 2.36. The minimum Gasteiger partial charge on any atom is -0.493 e. The van der Waals surface area contributed by atoms with Gasteiger partial charge >= 0.3 is 0 Å². The first-order valence-corrected chi connectivity index (χ1v) is 9.94. The number of hydrogen-bond acceptors (Lipinski definition) is 4. The zero-order valence-corrected chi connectivity index (χ0v) is 17.0. The lowest BCUT2D eigenvalue weighted by Gasteiger charge is -2.12. The summed E-state index contributed by atoms with van der Waals surface area (Å²) in [6.45, 7) is 2.60. The number of nitrogens with zero attached hydrogens (tertiary/aromatic N) is 1. The van der Waals surface area contributed by atoms with Crippen LogP contribution in [0.5, 0.6) is 5.75 Å². The molecule has 2 aromatic carbocycles. The first kappa shape index (κ1) is 19.0. The zero-order chi connectivity index (χ0) is 18.7. The molecule has 1 heterocycles. The largest absolute Gasteiger partial charge is 0.493 e. The number of anilines is 1. The molecule has 0 bridgehead atoms. The number of carbonyl (C=O) groups is 2. The van der Waals surface area contributed by atoms with Gasteiger partial charge in [0.2, 0.25) is 0 Å². The normalized spacial score (nSPS) is 15.8. The summed E-state index contributed by atoms with van der Waals surface area (Å²) in [6, 6.07) is 12.2. The molecule has 0 atom stereocenters. The third kappa shape index (κ3) is 4.14. The van der Waals surface area contributed by atoms with E-state index in [9.17, 15) is 9.59 Å². The third-order valence-electron chi connectivity index (χ3n) is 3.58. The summed E-state index contributed by atoms with van der Waals surface area (Å²) in [7, 11) is 0. The molecule has 1 aliphatic rings. The van der Waals surface area contributed by atoms with Gasteiger partial charge in [-0.2, -0.15) is 0 Å². The predicted octanol–water partition coefficient (Wildman–Crippen LogP) is 6.13. The minimum absolute atomic E-state index is 0.342. The highest BCUT2D eigenvalue weighted by Crippen LogP contribution is 2.38. The van der Waals surface area contributed by atoms with Crippen molar-refractivity contribution >= 4 is 62.2 Å². The van der Waals surface area contributed by atoms with Gasteiger partial charge in [-0.05, 0) is 60.7 Å². The Hall–Kier alpha value is -1.76. The molecule has 26 heavy (non-hydrogen) atoms. The lowest BCUT2D eigenvalue weighted by molar-refractivity contribution is -0.113. The second kappa shape index (κ2) is 8.29. The molecule has 0 unspecified atom stereocenters. The number of benzene rings is 2. The van der Waals surface area contributed by atoms with Gasteiger partial charge in [0.25, 0.3) is 11.1 Å². The van der Waals surface area contributed by atoms with E-state index in [-0.39, 0.29) is 11.1 Å². The van der Waals surface area contributed by atoms with Crippen LogP contribution in [0.25, 0.3) is 6.08 Å². The molecule has 0 saturated carbocycles. The van der Waals surface area contributed by atoms with Gasteiger partial charge in [-0.3, -0.25) is 9.59 Å². The van der Waals surface area contributed by atoms with E-state index in [4.69, 9.17) is 16.3 Å². The van der Waals surface area contributed by atoms with Gasteiger partial charge in [-0.15, -0.1) is 0 Å². The van der Waals surface area contributed by atoms with E-state index in [0.717, 1.165) is 33.1 Å². The van der Waals surface area contributed by atoms with Crippen LogP contribution in [0, 0.1) is 0 Å². The second-order valence-electron chi connectivity index (χ2n) is 5.53. The molecular formula is C19H15BrClNO3S. The second-order valence-corrected chi connectivity index (χ2v) is 7.87. The van der Waals surface area contributed by atoms with Crippen LogP contribution in [-0.2, 0) is 4.79 Å². The van der Waals surface area contributed by atoms with Crippen LogP contribution in [0.3, 0.4) is 0 Å². The number of thioether (sulfide) groups is 1. The number of carbonyl (C=O) groups excluding carboxylic acids is 2. The van der Waals surface area contributed by atoms with Gasteiger partial charge in [0.15, 0.2) is 0 Å². The Labute approximate surface area is 169 Å². The molecular weight excluding hydrogens is 438 g/mol. The fraction of sp³-hybridized carbons (Fsp3) is 0.158. The van der Waals surface area contributed by atoms with Gasteiger partial charge < -0.3 is 4.74 Å². The van der Waals surface area contributed by atoms with Crippen molar-refractivity contribution < 1.29 is 14.3 Å². The van der Waals surface area contributed by atoms with Gasteiger partial charge in [0, 0.05) is 15.1 Å². The first-order valence-electron chi connectivity index (χ1n) is 7.95. The van der Waals surface area contributed by atoms with E-state index in [1.807, 2.05) is 25.1 Å². The van der Waals surface area contributed by atoms with E-state index < -0.39 is 0 Å². The Balaban J connectivity index is 1.94. The average molecular weight is 453 g/mol. The summed E-state index contributed by atoms with van der Waals surface area (Å²) in [5.74, 6) is 0.299. The maximum Gasteiger partial charge on any atom is 0.298 e. The maximum atomic E-state index is 12.8. The Bertz CT molecular complexity index is 900. The van der Waals surface area contributed by atoms with Crippen LogP contribution in [-0.4, -0.2) is 17.8 Å². The van der Waals surface area contributed by atoms with Crippen molar-refractivity contribution in [3.8, 4) is 5.75 Å². The van der Waals surface area contributed by atoms with Crippen LogP contribution in [0.4, 0.5) is 10.5 Å². The summed E-state index contributed by atoms with van der Waals surface area (Å²) in [5.41, 5.74) is 1.20. The molecule has 3 rings (SSSR count). The molecule has 1 aliphatic heterocycles. The Morgan fingerprint density at radius 2 is 2.04 bits per heavy atom. The lowest BCUT2D eigenvalue weighted by atomic mass is 10.2. The summed E-state index contributed by atoms with van der Waals surface area (Å²) >= 11 is 10.3. The van der Waals surface area contributed by atoms with Crippen molar-refractivity contribution in [1.29, 1.82) is 0 Å². The third-order valence-corrected chi connectivity index (χ3v) is 5.18. The van der Waals surface area contributed by atoms with E-state index >= 15 is 0 Å². The van der Waals surface area contributed by atoms with E-state index in [0.29, 0.717) is 28.0 Å². The molecule has 0 spiro atoms. The van der Waals surface area contributed by atoms with Crippen LogP contribution < -0.4 is 9.64 Å². The van der Waals surface area contributed by atoms with Crippen molar-refractivity contribution in [2.45, 2.75) is 13.3 Å². The van der Waals surface area contributed by atoms with Crippen LogP contribution in [0.2, 0.25) is 5.02 Å². The zero-order valence-electron chi connectivity index (χ0n) is 13.9. The molecule has 1 saturated heterocycles. The molecule has 4 nitrogen and oxygen atoms in total. The van der Waals surface area contributed by atoms with Crippen molar-refractivity contribution in [3.05, 3.63) is 62.4 Å². The fourth-order valence-electron chi connectivity index (χ4n) is 2.42. The number of amides is 2. The molecule has 0 radical (unpaired) electrons. The number of imide groups is 1. The lowest BCUT2D eigenvalue weighted by Crippen LogP contribution is -2.27. The van der Waals surface area contributed by atoms with E-state index in [1.165, 1.54) is 0 Å². The molecule has 2 amide bonds. The monoisotopic (exact) mass is 451 g/mol. The highest BCUT2D eigenvalue weighted by molar-refractivity contribution is 9.10. The highest BCUT2D eigenvalue weighted by atomic mass is 79.9. The summed E-state index contributed by atoms with van der Waals surface area (Å²) < 4.78 is 6.60. The average Bonchev–Trinajstić information content (AvgIpc) is 2.88. The van der Waals surface area contributed by atoms with Crippen LogP contribution in [0.1, 0.15) is 18.9 Å². The topological polar surface area (TPSA) is 46.6 Å². The molecule has 7 heteroatoms. The van der Waals surface area contributed by atoms with E-state index in [2.05, 4.69) is 15.9 Å². The Kier molecular flexibility index (Phi) is 6.06. The summed E-state index contributed by atoms with van der Waals surface area (Å²) in [6.07, 6.45) is 2.56. The van der Waals surface area contributed by atoms with Crippen molar-refractivity contribution in [2.24, 2.45) is 0 Å². The predicted molar refractivity (Wildman–Crippen MR) is 110 cm³/mol. The van der Waals surface area contributed by atoms with E-state index in [1.54, 1.807) is 30.3 Å². The Morgan fingerprint density at radius 3 is 2.77 bits per heavy atom. The Morgan fingerprint density at radius 1 is 1.23 bits per heavy atom. The molecule has 0 aliphatic carbocycles. The molecule has 134 valence electrons. The number of halogens is 2. The van der Waals surface area contributed by atoms with Crippen LogP contribution in [0.15, 0.2) is 51.8 Å². The summed E-state index contributed by atoms with van der Waals surface area (Å²) in [4.78, 5) is 26.6. The fourth-order valence-corrected chi connectivity index (χ4v) is 3.82. The minimum atomic E-state index is -0.372. The first-order chi connectivity index (χ1) is 12.5.